The Kier molecular flexibility index (Phi) is 5.92. The number of nitrogens with one attached hydrogen (secondary N) is 1. The van der Waals surface area contributed by atoms with Gasteiger partial charge < -0.3 is 24.4 Å². The molecule has 0 atom stereocenters. The molecule has 30 heavy (non-hydrogen) atoms. The van der Waals surface area contributed by atoms with Crippen molar-refractivity contribution < 1.29 is 14.0 Å². The Hall–Kier alpha value is -3.03. The van der Waals surface area contributed by atoms with Gasteiger partial charge in [0.1, 0.15) is 17.3 Å². The average Bonchev–Trinajstić information content (AvgIpc) is 3.12. The van der Waals surface area contributed by atoms with Crippen molar-refractivity contribution in [1.82, 2.24) is 14.8 Å². The van der Waals surface area contributed by atoms with Gasteiger partial charge in [0.2, 0.25) is 0 Å². The number of carbonyl (C=O) groups excluding carboxylic acids is 2. The van der Waals surface area contributed by atoms with Gasteiger partial charge in [-0.2, -0.15) is 0 Å². The Morgan fingerprint density at radius 2 is 1.67 bits per heavy atom. The molecule has 0 saturated carbocycles. The molecule has 2 aliphatic rings. The molecule has 2 aromatic heterocycles. The van der Waals surface area contributed by atoms with Gasteiger partial charge in [-0.25, -0.2) is 9.78 Å². The molecule has 0 aliphatic carbocycles. The Bertz CT molecular complexity index is 894. The number of piperidine rings is 1. The van der Waals surface area contributed by atoms with E-state index < -0.39 is 0 Å². The van der Waals surface area contributed by atoms with Crippen molar-refractivity contribution >= 4 is 23.4 Å². The van der Waals surface area contributed by atoms with Gasteiger partial charge in [0.25, 0.3) is 5.91 Å². The Morgan fingerprint density at radius 3 is 2.27 bits per heavy atom. The number of piperazine rings is 1. The maximum absolute atomic E-state index is 12.7. The van der Waals surface area contributed by atoms with Crippen molar-refractivity contribution in [2.45, 2.75) is 33.1 Å². The summed E-state index contributed by atoms with van der Waals surface area (Å²) < 4.78 is 5.47. The normalized spacial score (nSPS) is 17.2. The SMILES string of the molecule is Cc1cc(C(=O)N2CCN(C(=O)Nc3ccc(N4CCCCC4)nc3)CC2)c(C)o1. The van der Waals surface area contributed by atoms with Crippen molar-refractivity contribution in [2.24, 2.45) is 0 Å². The number of furan rings is 1. The van der Waals surface area contributed by atoms with Gasteiger partial charge in [-0.15, -0.1) is 0 Å². The zero-order valence-electron chi connectivity index (χ0n) is 17.7. The summed E-state index contributed by atoms with van der Waals surface area (Å²) in [5, 5.41) is 2.92. The standard InChI is InChI=1S/C22H29N5O3/c1-16-14-19(17(2)30-16)21(28)26-10-12-27(13-11-26)22(29)24-18-6-7-20(23-15-18)25-8-4-3-5-9-25/h6-7,14-15H,3-5,8-13H2,1-2H3,(H,24,29). The molecule has 2 aromatic rings. The molecular weight excluding hydrogens is 382 g/mol. The van der Waals surface area contributed by atoms with Crippen LogP contribution in [0.4, 0.5) is 16.3 Å². The molecule has 0 spiro atoms. The molecule has 2 fully saturated rings. The first-order valence-corrected chi connectivity index (χ1v) is 10.6. The van der Waals surface area contributed by atoms with E-state index in [-0.39, 0.29) is 11.9 Å². The lowest BCUT2D eigenvalue weighted by atomic mass is 10.1. The van der Waals surface area contributed by atoms with Crippen LogP contribution >= 0.6 is 0 Å². The van der Waals surface area contributed by atoms with Gasteiger partial charge >= 0.3 is 6.03 Å². The third-order valence-corrected chi connectivity index (χ3v) is 5.80. The van der Waals surface area contributed by atoms with E-state index in [0.29, 0.717) is 43.2 Å². The quantitative estimate of drug-likeness (QED) is 0.838. The van der Waals surface area contributed by atoms with E-state index in [0.717, 1.165) is 24.7 Å². The summed E-state index contributed by atoms with van der Waals surface area (Å²) in [6, 6.07) is 5.48. The third-order valence-electron chi connectivity index (χ3n) is 5.80. The number of hydrogen-bond donors (Lipinski definition) is 1. The number of rotatable bonds is 3. The number of aryl methyl sites for hydroxylation is 2. The van der Waals surface area contributed by atoms with Crippen LogP contribution in [0.3, 0.4) is 0 Å². The Balaban J connectivity index is 1.29. The minimum absolute atomic E-state index is 0.0399. The molecule has 4 rings (SSSR count). The van der Waals surface area contributed by atoms with Gasteiger partial charge in [-0.05, 0) is 51.3 Å². The zero-order valence-corrected chi connectivity index (χ0v) is 17.7. The number of carbonyl (C=O) groups is 2. The third kappa shape index (κ3) is 4.42. The lowest BCUT2D eigenvalue weighted by molar-refractivity contribution is 0.0670. The zero-order chi connectivity index (χ0) is 21.1. The molecule has 0 radical (unpaired) electrons. The number of urea groups is 1. The van der Waals surface area contributed by atoms with Crippen LogP contribution in [0.25, 0.3) is 0 Å². The highest BCUT2D eigenvalue weighted by molar-refractivity contribution is 5.95. The molecular formula is C22H29N5O3. The monoisotopic (exact) mass is 411 g/mol. The molecule has 0 bridgehead atoms. The van der Waals surface area contributed by atoms with Crippen molar-refractivity contribution in [1.29, 1.82) is 0 Å². The lowest BCUT2D eigenvalue weighted by Crippen LogP contribution is -2.51. The van der Waals surface area contributed by atoms with E-state index in [4.69, 9.17) is 4.42 Å². The molecule has 8 heteroatoms. The minimum Gasteiger partial charge on any atom is -0.466 e. The largest absolute Gasteiger partial charge is 0.466 e. The molecule has 0 unspecified atom stereocenters. The second-order valence-electron chi connectivity index (χ2n) is 7.99. The van der Waals surface area contributed by atoms with Crippen LogP contribution in [0.1, 0.15) is 41.1 Å². The summed E-state index contributed by atoms with van der Waals surface area (Å²) in [7, 11) is 0. The first kappa shape index (κ1) is 20.3. The van der Waals surface area contributed by atoms with Crippen molar-refractivity contribution in [2.75, 3.05) is 49.5 Å². The molecule has 3 amide bonds. The highest BCUT2D eigenvalue weighted by Crippen LogP contribution is 2.20. The summed E-state index contributed by atoms with van der Waals surface area (Å²) in [4.78, 5) is 35.6. The average molecular weight is 412 g/mol. The molecule has 1 N–H and O–H groups in total. The summed E-state index contributed by atoms with van der Waals surface area (Å²) in [5.74, 6) is 2.29. The van der Waals surface area contributed by atoms with E-state index >= 15 is 0 Å². The number of amides is 3. The van der Waals surface area contributed by atoms with Crippen LogP contribution in [-0.2, 0) is 0 Å². The topological polar surface area (TPSA) is 81.9 Å². The Morgan fingerprint density at radius 1 is 0.967 bits per heavy atom. The smallest absolute Gasteiger partial charge is 0.322 e. The molecule has 160 valence electrons. The lowest BCUT2D eigenvalue weighted by Gasteiger charge is -2.34. The van der Waals surface area contributed by atoms with E-state index in [2.05, 4.69) is 15.2 Å². The number of hydrogen-bond acceptors (Lipinski definition) is 5. The van der Waals surface area contributed by atoms with Gasteiger partial charge in [-0.3, -0.25) is 4.79 Å². The number of anilines is 2. The number of nitrogens with zero attached hydrogens (tertiary/aromatic N) is 4. The molecule has 4 heterocycles. The van der Waals surface area contributed by atoms with Gasteiger partial charge in [-0.1, -0.05) is 0 Å². The van der Waals surface area contributed by atoms with Gasteiger partial charge in [0.05, 0.1) is 17.4 Å². The van der Waals surface area contributed by atoms with Crippen LogP contribution < -0.4 is 10.2 Å². The molecule has 2 aliphatic heterocycles. The summed E-state index contributed by atoms with van der Waals surface area (Å²) in [6.07, 6.45) is 5.40. The molecule has 8 nitrogen and oxygen atoms in total. The van der Waals surface area contributed by atoms with Crippen LogP contribution in [-0.4, -0.2) is 66.0 Å². The number of aromatic nitrogens is 1. The van der Waals surface area contributed by atoms with Gasteiger partial charge in [0.15, 0.2) is 0 Å². The summed E-state index contributed by atoms with van der Waals surface area (Å²) >= 11 is 0. The Labute approximate surface area is 176 Å². The van der Waals surface area contributed by atoms with Gasteiger partial charge in [0, 0.05) is 39.3 Å². The summed E-state index contributed by atoms with van der Waals surface area (Å²) in [5.41, 5.74) is 1.29. The van der Waals surface area contributed by atoms with Crippen molar-refractivity contribution in [3.05, 3.63) is 41.5 Å². The minimum atomic E-state index is -0.162. The molecule has 0 aromatic carbocycles. The fourth-order valence-electron chi connectivity index (χ4n) is 4.10. The van der Waals surface area contributed by atoms with E-state index in [1.54, 1.807) is 29.0 Å². The second kappa shape index (κ2) is 8.77. The maximum Gasteiger partial charge on any atom is 0.322 e. The fourth-order valence-corrected chi connectivity index (χ4v) is 4.10. The maximum atomic E-state index is 12.7. The number of pyridine rings is 1. The fraction of sp³-hybridized carbons (Fsp3) is 0.500. The van der Waals surface area contributed by atoms with Crippen molar-refractivity contribution in [3.8, 4) is 0 Å². The van der Waals surface area contributed by atoms with Crippen LogP contribution in [0.15, 0.2) is 28.8 Å². The first-order valence-electron chi connectivity index (χ1n) is 10.6. The van der Waals surface area contributed by atoms with Crippen molar-refractivity contribution in [3.63, 3.8) is 0 Å². The van der Waals surface area contributed by atoms with Crippen LogP contribution in [0, 0.1) is 13.8 Å². The predicted octanol–water partition coefficient (Wildman–Crippen LogP) is 3.27. The summed E-state index contributed by atoms with van der Waals surface area (Å²) in [6.45, 7) is 7.71. The van der Waals surface area contributed by atoms with E-state index in [1.807, 2.05) is 19.1 Å². The predicted molar refractivity (Wildman–Crippen MR) is 115 cm³/mol. The second-order valence-corrected chi connectivity index (χ2v) is 7.99. The van der Waals surface area contributed by atoms with Crippen LogP contribution in [0.5, 0.6) is 0 Å². The highest BCUT2D eigenvalue weighted by Gasteiger charge is 2.27. The highest BCUT2D eigenvalue weighted by atomic mass is 16.3. The first-order chi connectivity index (χ1) is 14.5. The molecule has 2 saturated heterocycles. The van der Waals surface area contributed by atoms with Crippen LogP contribution in [0.2, 0.25) is 0 Å². The van der Waals surface area contributed by atoms with E-state index in [9.17, 15) is 9.59 Å². The van der Waals surface area contributed by atoms with E-state index in [1.165, 1.54) is 19.3 Å².